The van der Waals surface area contributed by atoms with E-state index in [1.807, 2.05) is 30.5 Å². The fourth-order valence-electron chi connectivity index (χ4n) is 5.53. The number of anilines is 2. The largest absolute Gasteiger partial charge is 0.352 e. The van der Waals surface area contributed by atoms with Crippen molar-refractivity contribution in [1.29, 1.82) is 0 Å². The number of hydrogen-bond acceptors (Lipinski definition) is 7. The van der Waals surface area contributed by atoms with E-state index in [-0.39, 0.29) is 11.8 Å². The normalized spacial score (nSPS) is 13.3. The third-order valence-corrected chi connectivity index (χ3v) is 8.51. The van der Waals surface area contributed by atoms with Crippen LogP contribution in [0.25, 0.3) is 21.5 Å². The summed E-state index contributed by atoms with van der Waals surface area (Å²) in [5.41, 5.74) is 8.21. The van der Waals surface area contributed by atoms with E-state index in [1.54, 1.807) is 6.20 Å². The van der Waals surface area contributed by atoms with Gasteiger partial charge in [0, 0.05) is 48.2 Å². The molecule has 0 saturated heterocycles. The van der Waals surface area contributed by atoms with E-state index in [9.17, 15) is 4.79 Å². The number of amides is 1. The van der Waals surface area contributed by atoms with Gasteiger partial charge in [-0.1, -0.05) is 51.2 Å². The van der Waals surface area contributed by atoms with Gasteiger partial charge in [-0.25, -0.2) is 15.0 Å². The van der Waals surface area contributed by atoms with Crippen LogP contribution in [-0.2, 0) is 19.5 Å². The number of benzene rings is 1. The van der Waals surface area contributed by atoms with Gasteiger partial charge in [-0.2, -0.15) is 5.10 Å². The minimum absolute atomic E-state index is 0.150. The Morgan fingerprint density at radius 1 is 1.05 bits per heavy atom. The van der Waals surface area contributed by atoms with E-state index < -0.39 is 0 Å². The highest BCUT2D eigenvalue weighted by atomic mass is 32.1. The molecule has 1 amide bonds. The molecule has 6 rings (SSSR count). The lowest BCUT2D eigenvalue weighted by Crippen LogP contribution is -2.33. The highest BCUT2D eigenvalue weighted by molar-refractivity contribution is 7.21. The molecule has 1 N–H and O–H groups in total. The van der Waals surface area contributed by atoms with Gasteiger partial charge in [0.1, 0.15) is 16.2 Å². The highest BCUT2D eigenvalue weighted by Crippen LogP contribution is 2.34. The van der Waals surface area contributed by atoms with Gasteiger partial charge in [0.15, 0.2) is 5.13 Å². The molecule has 0 spiro atoms. The SMILES string of the molecule is Cc1c(-c2ccc(N3CCc4cccc(C(=O)Nc5nc6cccnc6s5)c4C3)nc2C(C)C)cnn1CC(C)C. The van der Waals surface area contributed by atoms with E-state index in [0.29, 0.717) is 23.2 Å². The maximum Gasteiger partial charge on any atom is 0.257 e. The van der Waals surface area contributed by atoms with Crippen LogP contribution in [0.4, 0.5) is 10.9 Å². The number of rotatable bonds is 7. The zero-order valence-electron chi connectivity index (χ0n) is 24.2. The molecule has 1 aromatic carbocycles. The third-order valence-electron chi connectivity index (χ3n) is 7.62. The molecule has 5 heterocycles. The summed E-state index contributed by atoms with van der Waals surface area (Å²) in [6.45, 7) is 13.3. The lowest BCUT2D eigenvalue weighted by atomic mass is 9.94. The molecule has 8 nitrogen and oxygen atoms in total. The molecule has 0 unspecified atom stereocenters. The van der Waals surface area contributed by atoms with Crippen LogP contribution in [0.15, 0.2) is 54.9 Å². The summed E-state index contributed by atoms with van der Waals surface area (Å²) >= 11 is 1.38. The lowest BCUT2D eigenvalue weighted by Gasteiger charge is -2.31. The number of thiazole rings is 1. The molecule has 0 bridgehead atoms. The number of pyridine rings is 2. The van der Waals surface area contributed by atoms with E-state index in [1.165, 1.54) is 22.6 Å². The monoisotopic (exact) mass is 565 g/mol. The highest BCUT2D eigenvalue weighted by Gasteiger charge is 2.25. The molecule has 1 aliphatic heterocycles. The van der Waals surface area contributed by atoms with Crippen LogP contribution in [-0.4, -0.2) is 37.2 Å². The summed E-state index contributed by atoms with van der Waals surface area (Å²) in [5.74, 6) is 1.56. The van der Waals surface area contributed by atoms with Crippen molar-refractivity contribution < 1.29 is 4.79 Å². The summed E-state index contributed by atoms with van der Waals surface area (Å²) in [5, 5.41) is 8.23. The number of hydrogen-bond donors (Lipinski definition) is 1. The second-order valence-corrected chi connectivity index (χ2v) is 12.4. The zero-order chi connectivity index (χ0) is 28.7. The average molecular weight is 566 g/mol. The second-order valence-electron chi connectivity index (χ2n) is 11.4. The molecule has 41 heavy (non-hydrogen) atoms. The first-order valence-electron chi connectivity index (χ1n) is 14.2. The summed E-state index contributed by atoms with van der Waals surface area (Å²) in [6.07, 6.45) is 4.56. The van der Waals surface area contributed by atoms with E-state index in [0.717, 1.165) is 58.1 Å². The van der Waals surface area contributed by atoms with Gasteiger partial charge in [0.2, 0.25) is 0 Å². The Bertz CT molecular complexity index is 1700. The number of aromatic nitrogens is 5. The molecule has 1 aliphatic rings. The van der Waals surface area contributed by atoms with Gasteiger partial charge in [-0.15, -0.1) is 0 Å². The van der Waals surface area contributed by atoms with Gasteiger partial charge in [0.25, 0.3) is 5.91 Å². The Hall–Kier alpha value is -4.11. The minimum Gasteiger partial charge on any atom is -0.352 e. The minimum atomic E-state index is -0.150. The number of carbonyl (C=O) groups is 1. The standard InChI is InChI=1S/C32H35N7OS/c1-19(2)17-39-21(5)25(16-34-39)23-11-12-28(36-29(23)20(3)4)38-15-13-22-8-6-9-24(26(22)18-38)30(40)37-32-35-27-10-7-14-33-31(27)41-32/h6-12,14,16,19-20H,13,15,17-18H2,1-5H3,(H,35,37,40). The first-order chi connectivity index (χ1) is 19.8. The van der Waals surface area contributed by atoms with Crippen molar-refractivity contribution in [1.82, 2.24) is 24.7 Å². The van der Waals surface area contributed by atoms with Crippen LogP contribution in [0.1, 0.15) is 66.5 Å². The fraction of sp³-hybridized carbons (Fsp3) is 0.344. The van der Waals surface area contributed by atoms with Crippen molar-refractivity contribution in [2.75, 3.05) is 16.8 Å². The number of carbonyl (C=O) groups excluding carboxylic acids is 1. The number of fused-ring (bicyclic) bond motifs is 2. The van der Waals surface area contributed by atoms with Crippen molar-refractivity contribution in [3.63, 3.8) is 0 Å². The van der Waals surface area contributed by atoms with Crippen molar-refractivity contribution in [3.05, 3.63) is 82.9 Å². The molecule has 0 aliphatic carbocycles. The van der Waals surface area contributed by atoms with Gasteiger partial charge in [-0.3, -0.25) is 14.8 Å². The quantitative estimate of drug-likeness (QED) is 0.232. The van der Waals surface area contributed by atoms with E-state index >= 15 is 0 Å². The molecule has 5 aromatic rings. The smallest absolute Gasteiger partial charge is 0.257 e. The summed E-state index contributed by atoms with van der Waals surface area (Å²) in [6, 6.07) is 14.0. The predicted octanol–water partition coefficient (Wildman–Crippen LogP) is 6.85. The molecular formula is C32H35N7OS. The third kappa shape index (κ3) is 5.34. The topological polar surface area (TPSA) is 88.8 Å². The van der Waals surface area contributed by atoms with Crippen LogP contribution in [0, 0.1) is 12.8 Å². The molecular weight excluding hydrogens is 530 g/mol. The maximum absolute atomic E-state index is 13.4. The molecule has 0 fully saturated rings. The summed E-state index contributed by atoms with van der Waals surface area (Å²) in [7, 11) is 0. The fourth-order valence-corrected chi connectivity index (χ4v) is 6.33. The number of nitrogens with one attached hydrogen (secondary N) is 1. The van der Waals surface area contributed by atoms with E-state index in [4.69, 9.17) is 4.98 Å². The van der Waals surface area contributed by atoms with Gasteiger partial charge < -0.3 is 4.90 Å². The zero-order valence-corrected chi connectivity index (χ0v) is 25.0. The van der Waals surface area contributed by atoms with Gasteiger partial charge in [0.05, 0.1) is 11.9 Å². The summed E-state index contributed by atoms with van der Waals surface area (Å²) < 4.78 is 2.09. The molecule has 0 atom stereocenters. The van der Waals surface area contributed by atoms with Crippen molar-refractivity contribution in [3.8, 4) is 11.1 Å². The van der Waals surface area contributed by atoms with E-state index in [2.05, 4.69) is 82.8 Å². The molecule has 4 aromatic heterocycles. The van der Waals surface area contributed by atoms with Crippen LogP contribution >= 0.6 is 11.3 Å². The van der Waals surface area contributed by atoms with Crippen LogP contribution in [0.3, 0.4) is 0 Å². The molecule has 210 valence electrons. The Balaban J connectivity index is 1.28. The van der Waals surface area contributed by atoms with Crippen LogP contribution in [0.2, 0.25) is 0 Å². The number of nitrogens with zero attached hydrogens (tertiary/aromatic N) is 6. The second kappa shape index (κ2) is 11.0. The van der Waals surface area contributed by atoms with Crippen LogP contribution < -0.4 is 10.2 Å². The van der Waals surface area contributed by atoms with Crippen molar-refractivity contribution in [2.45, 2.75) is 60.0 Å². The van der Waals surface area contributed by atoms with Crippen LogP contribution in [0.5, 0.6) is 0 Å². The van der Waals surface area contributed by atoms with Gasteiger partial charge in [-0.05, 0) is 66.6 Å². The lowest BCUT2D eigenvalue weighted by molar-refractivity contribution is 0.102. The molecule has 9 heteroatoms. The summed E-state index contributed by atoms with van der Waals surface area (Å²) in [4.78, 5) is 30.6. The maximum atomic E-state index is 13.4. The Kier molecular flexibility index (Phi) is 7.30. The first kappa shape index (κ1) is 27.1. The predicted molar refractivity (Wildman–Crippen MR) is 166 cm³/mol. The molecule has 0 radical (unpaired) electrons. The average Bonchev–Trinajstić information content (AvgIpc) is 3.54. The first-order valence-corrected chi connectivity index (χ1v) is 15.0. The van der Waals surface area contributed by atoms with Crippen molar-refractivity contribution in [2.24, 2.45) is 5.92 Å². The molecule has 0 saturated carbocycles. The Labute approximate surface area is 244 Å². The van der Waals surface area contributed by atoms with Gasteiger partial charge >= 0.3 is 0 Å². The Morgan fingerprint density at radius 2 is 1.90 bits per heavy atom. The Morgan fingerprint density at radius 3 is 2.68 bits per heavy atom. The van der Waals surface area contributed by atoms with Crippen molar-refractivity contribution >= 4 is 38.5 Å².